The standard InChI is InChI=1S/C25H26Cl2N2O3S2/c1-19-3-11-23(12-4-19)29(34(31,32)24-13-9-22(27)10-14-24)17-25(30)28-15-2-16-33-18-20-5-7-21(26)8-6-20/h3-14H,2,15-18H2,1H3,(H,28,30). The van der Waals surface area contributed by atoms with Crippen LogP contribution in [0.2, 0.25) is 10.0 Å². The molecule has 3 aromatic rings. The van der Waals surface area contributed by atoms with Gasteiger partial charge in [-0.2, -0.15) is 11.8 Å². The summed E-state index contributed by atoms with van der Waals surface area (Å²) < 4.78 is 27.8. The van der Waals surface area contributed by atoms with Gasteiger partial charge in [-0.15, -0.1) is 0 Å². The maximum Gasteiger partial charge on any atom is 0.264 e. The molecule has 1 amide bonds. The van der Waals surface area contributed by atoms with Crippen molar-refractivity contribution >= 4 is 56.6 Å². The van der Waals surface area contributed by atoms with Gasteiger partial charge in [0.25, 0.3) is 10.0 Å². The van der Waals surface area contributed by atoms with Crippen LogP contribution in [0, 0.1) is 6.92 Å². The minimum atomic E-state index is -3.95. The van der Waals surface area contributed by atoms with E-state index in [2.05, 4.69) is 5.32 Å². The summed E-state index contributed by atoms with van der Waals surface area (Å²) in [6.07, 6.45) is 0.776. The number of hydrogen-bond acceptors (Lipinski definition) is 4. The topological polar surface area (TPSA) is 66.5 Å². The lowest BCUT2D eigenvalue weighted by atomic mass is 10.2. The number of hydrogen-bond donors (Lipinski definition) is 1. The molecule has 3 aromatic carbocycles. The second-order valence-corrected chi connectivity index (χ2v) is 11.5. The Kier molecular flexibility index (Phi) is 9.71. The number of halogens is 2. The van der Waals surface area contributed by atoms with Gasteiger partial charge in [-0.3, -0.25) is 9.10 Å². The Balaban J connectivity index is 1.57. The monoisotopic (exact) mass is 536 g/mol. The van der Waals surface area contributed by atoms with Gasteiger partial charge >= 0.3 is 0 Å². The van der Waals surface area contributed by atoms with Crippen LogP contribution in [0.15, 0.2) is 77.7 Å². The first-order chi connectivity index (χ1) is 16.3. The Morgan fingerprint density at radius 3 is 2.12 bits per heavy atom. The molecule has 0 aliphatic rings. The summed E-state index contributed by atoms with van der Waals surface area (Å²) >= 11 is 13.6. The highest BCUT2D eigenvalue weighted by Gasteiger charge is 2.27. The maximum absolute atomic E-state index is 13.3. The molecule has 0 radical (unpaired) electrons. The summed E-state index contributed by atoms with van der Waals surface area (Å²) in [6, 6.07) is 20.7. The largest absolute Gasteiger partial charge is 0.354 e. The molecule has 0 atom stereocenters. The van der Waals surface area contributed by atoms with Gasteiger partial charge in [-0.25, -0.2) is 8.42 Å². The quantitative estimate of drug-likeness (QED) is 0.308. The predicted octanol–water partition coefficient (Wildman–Crippen LogP) is 5.94. The number of anilines is 1. The number of aryl methyl sites for hydroxylation is 1. The molecule has 180 valence electrons. The average molecular weight is 538 g/mol. The van der Waals surface area contributed by atoms with Crippen molar-refractivity contribution in [3.8, 4) is 0 Å². The third-order valence-corrected chi connectivity index (χ3v) is 8.39. The summed E-state index contributed by atoms with van der Waals surface area (Å²) in [6.45, 7) is 2.07. The van der Waals surface area contributed by atoms with Crippen LogP contribution >= 0.6 is 35.0 Å². The van der Waals surface area contributed by atoms with Crippen LogP contribution in [-0.2, 0) is 20.6 Å². The molecule has 34 heavy (non-hydrogen) atoms. The van der Waals surface area contributed by atoms with Crippen molar-refractivity contribution in [3.05, 3.63) is 94.0 Å². The van der Waals surface area contributed by atoms with E-state index in [1.807, 2.05) is 43.3 Å². The van der Waals surface area contributed by atoms with Crippen LogP contribution in [0.4, 0.5) is 5.69 Å². The third-order valence-electron chi connectivity index (χ3n) is 4.98. The molecular weight excluding hydrogens is 511 g/mol. The third kappa shape index (κ3) is 7.67. The van der Waals surface area contributed by atoms with E-state index < -0.39 is 10.0 Å². The second-order valence-electron chi connectivity index (χ2n) is 7.68. The number of sulfonamides is 1. The molecule has 9 heteroatoms. The molecule has 0 bridgehead atoms. The second kappa shape index (κ2) is 12.5. The van der Waals surface area contributed by atoms with Crippen molar-refractivity contribution in [2.24, 2.45) is 0 Å². The number of carbonyl (C=O) groups excluding carboxylic acids is 1. The van der Waals surface area contributed by atoms with Crippen molar-refractivity contribution in [3.63, 3.8) is 0 Å². The van der Waals surface area contributed by atoms with Gasteiger partial charge in [0.2, 0.25) is 5.91 Å². The normalized spacial score (nSPS) is 11.3. The lowest BCUT2D eigenvalue weighted by molar-refractivity contribution is -0.119. The molecule has 0 aromatic heterocycles. The maximum atomic E-state index is 13.3. The fourth-order valence-electron chi connectivity index (χ4n) is 3.12. The Bertz CT molecular complexity index is 1180. The smallest absolute Gasteiger partial charge is 0.264 e. The zero-order chi connectivity index (χ0) is 24.6. The van der Waals surface area contributed by atoms with Crippen molar-refractivity contribution in [1.82, 2.24) is 5.32 Å². The molecule has 0 aliphatic heterocycles. The molecule has 0 saturated carbocycles. The van der Waals surface area contributed by atoms with E-state index >= 15 is 0 Å². The van der Waals surface area contributed by atoms with Crippen LogP contribution in [-0.4, -0.2) is 33.2 Å². The van der Waals surface area contributed by atoms with Crippen LogP contribution < -0.4 is 9.62 Å². The molecule has 0 saturated heterocycles. The van der Waals surface area contributed by atoms with Gasteiger partial charge in [0.1, 0.15) is 6.54 Å². The highest BCUT2D eigenvalue weighted by molar-refractivity contribution is 7.98. The Morgan fingerprint density at radius 2 is 1.50 bits per heavy atom. The lowest BCUT2D eigenvalue weighted by Crippen LogP contribution is -2.41. The number of nitrogens with zero attached hydrogens (tertiary/aromatic N) is 1. The van der Waals surface area contributed by atoms with Gasteiger partial charge in [-0.05, 0) is 73.2 Å². The summed E-state index contributed by atoms with van der Waals surface area (Å²) in [5, 5.41) is 3.99. The fourth-order valence-corrected chi connectivity index (χ4v) is 5.71. The number of rotatable bonds is 11. The Labute approximate surface area is 215 Å². The van der Waals surface area contributed by atoms with Crippen LogP contribution in [0.1, 0.15) is 17.5 Å². The molecule has 0 unspecified atom stereocenters. The number of nitrogens with one attached hydrogen (secondary N) is 1. The molecular formula is C25H26Cl2N2O3S2. The van der Waals surface area contributed by atoms with Gasteiger partial charge in [0.15, 0.2) is 0 Å². The molecule has 0 fully saturated rings. The van der Waals surface area contributed by atoms with Crippen LogP contribution in [0.3, 0.4) is 0 Å². The molecule has 0 spiro atoms. The first kappa shape index (κ1) is 26.4. The summed E-state index contributed by atoms with van der Waals surface area (Å²) in [7, 11) is -3.95. The van der Waals surface area contributed by atoms with E-state index in [4.69, 9.17) is 23.2 Å². The van der Waals surface area contributed by atoms with E-state index in [-0.39, 0.29) is 17.3 Å². The minimum Gasteiger partial charge on any atom is -0.354 e. The van der Waals surface area contributed by atoms with E-state index in [0.717, 1.165) is 27.8 Å². The van der Waals surface area contributed by atoms with Crippen LogP contribution in [0.25, 0.3) is 0 Å². The number of benzene rings is 3. The average Bonchev–Trinajstić information content (AvgIpc) is 2.82. The van der Waals surface area contributed by atoms with Crippen molar-refractivity contribution < 1.29 is 13.2 Å². The van der Waals surface area contributed by atoms with Crippen molar-refractivity contribution in [2.75, 3.05) is 23.1 Å². The summed E-state index contributed by atoms with van der Waals surface area (Å²) in [5.41, 5.74) is 2.61. The SMILES string of the molecule is Cc1ccc(N(CC(=O)NCCCSCc2ccc(Cl)cc2)S(=O)(=O)c2ccc(Cl)cc2)cc1. The van der Waals surface area contributed by atoms with E-state index in [0.29, 0.717) is 22.3 Å². The first-order valence-electron chi connectivity index (χ1n) is 10.7. The number of thioether (sulfide) groups is 1. The Morgan fingerprint density at radius 1 is 0.912 bits per heavy atom. The minimum absolute atomic E-state index is 0.0730. The van der Waals surface area contributed by atoms with Crippen LogP contribution in [0.5, 0.6) is 0 Å². The molecule has 5 nitrogen and oxygen atoms in total. The first-order valence-corrected chi connectivity index (χ1v) is 14.0. The number of amides is 1. The van der Waals surface area contributed by atoms with Crippen molar-refractivity contribution in [1.29, 1.82) is 0 Å². The summed E-state index contributed by atoms with van der Waals surface area (Å²) in [4.78, 5) is 12.7. The highest BCUT2D eigenvalue weighted by atomic mass is 35.5. The van der Waals surface area contributed by atoms with E-state index in [1.54, 1.807) is 23.9 Å². The van der Waals surface area contributed by atoms with Gasteiger partial charge < -0.3 is 5.32 Å². The van der Waals surface area contributed by atoms with E-state index in [9.17, 15) is 13.2 Å². The zero-order valence-electron chi connectivity index (χ0n) is 18.7. The van der Waals surface area contributed by atoms with Gasteiger partial charge in [0.05, 0.1) is 10.6 Å². The molecule has 1 N–H and O–H groups in total. The van der Waals surface area contributed by atoms with Gasteiger partial charge in [0, 0.05) is 22.3 Å². The Hall–Kier alpha value is -2.19. The van der Waals surface area contributed by atoms with Gasteiger partial charge in [-0.1, -0.05) is 53.0 Å². The molecule has 3 rings (SSSR count). The highest BCUT2D eigenvalue weighted by Crippen LogP contribution is 2.25. The lowest BCUT2D eigenvalue weighted by Gasteiger charge is -2.24. The fraction of sp³-hybridized carbons (Fsp3) is 0.240. The zero-order valence-corrected chi connectivity index (χ0v) is 21.9. The molecule has 0 aliphatic carbocycles. The van der Waals surface area contributed by atoms with E-state index in [1.165, 1.54) is 29.8 Å². The summed E-state index contributed by atoms with van der Waals surface area (Å²) in [5.74, 6) is 1.38. The predicted molar refractivity (Wildman–Crippen MR) is 142 cm³/mol. The molecule has 0 heterocycles. The number of carbonyl (C=O) groups is 1. The van der Waals surface area contributed by atoms with Crippen molar-refractivity contribution in [2.45, 2.75) is 24.0 Å².